The Morgan fingerprint density at radius 3 is 2.36 bits per heavy atom. The molecule has 3 N–H and O–H groups in total. The van der Waals surface area contributed by atoms with E-state index in [-0.39, 0.29) is 11.8 Å². The van der Waals surface area contributed by atoms with Crippen LogP contribution in [0.1, 0.15) is 37.2 Å². The predicted molar refractivity (Wildman–Crippen MR) is 158 cm³/mol. The van der Waals surface area contributed by atoms with Gasteiger partial charge in [-0.1, -0.05) is 66.8 Å². The Morgan fingerprint density at radius 2 is 1.69 bits per heavy atom. The standard InChI is InChI=1S/C28H30Cl3N7O/c1-17(2)12-24(27(39)33-15-19-4-7-21(29)8-5-19)35-25-14-26(38-11-10-32-18(38)3)37-28(36-25)34-16-20-6-9-22(30)23(31)13-20/h4-11,13-14,17,24H,12,15-16H2,1-3H3,(H,33,39)(H2,34,35,36,37). The van der Waals surface area contributed by atoms with E-state index in [9.17, 15) is 4.79 Å². The number of imidazole rings is 1. The fourth-order valence-corrected chi connectivity index (χ4v) is 4.40. The van der Waals surface area contributed by atoms with Crippen molar-refractivity contribution in [1.82, 2.24) is 24.8 Å². The van der Waals surface area contributed by atoms with Crippen LogP contribution in [0.3, 0.4) is 0 Å². The molecule has 1 unspecified atom stereocenters. The van der Waals surface area contributed by atoms with Crippen LogP contribution < -0.4 is 16.0 Å². The molecular formula is C28H30Cl3N7O. The zero-order valence-electron chi connectivity index (χ0n) is 21.9. The topological polar surface area (TPSA) is 96.8 Å². The van der Waals surface area contributed by atoms with Gasteiger partial charge in [-0.25, -0.2) is 4.98 Å². The Balaban J connectivity index is 1.56. The fraction of sp³-hybridized carbons (Fsp3) is 0.286. The smallest absolute Gasteiger partial charge is 0.242 e. The molecule has 4 rings (SSSR count). The highest BCUT2D eigenvalue weighted by Crippen LogP contribution is 2.24. The summed E-state index contributed by atoms with van der Waals surface area (Å²) in [5, 5.41) is 11.2. The van der Waals surface area contributed by atoms with E-state index in [0.29, 0.717) is 52.2 Å². The lowest BCUT2D eigenvalue weighted by Gasteiger charge is -2.21. The number of hydrogen-bond acceptors (Lipinski definition) is 6. The van der Waals surface area contributed by atoms with E-state index in [1.165, 1.54) is 0 Å². The quantitative estimate of drug-likeness (QED) is 0.181. The second-order valence-electron chi connectivity index (χ2n) is 9.55. The van der Waals surface area contributed by atoms with Gasteiger partial charge in [-0.15, -0.1) is 0 Å². The zero-order chi connectivity index (χ0) is 27.9. The average Bonchev–Trinajstić information content (AvgIpc) is 3.34. The van der Waals surface area contributed by atoms with Gasteiger partial charge in [-0.05, 0) is 54.7 Å². The minimum atomic E-state index is -0.508. The molecule has 2 aromatic carbocycles. The molecule has 2 heterocycles. The van der Waals surface area contributed by atoms with Crippen LogP contribution in [0.5, 0.6) is 0 Å². The molecule has 0 saturated carbocycles. The number of aromatic nitrogens is 4. The molecule has 0 aliphatic carbocycles. The Labute approximate surface area is 243 Å². The first-order valence-electron chi connectivity index (χ1n) is 12.5. The molecule has 0 saturated heterocycles. The van der Waals surface area contributed by atoms with E-state index < -0.39 is 6.04 Å². The molecule has 0 bridgehead atoms. The second kappa shape index (κ2) is 13.2. The van der Waals surface area contributed by atoms with Gasteiger partial charge in [-0.3, -0.25) is 9.36 Å². The number of anilines is 2. The molecule has 1 atom stereocenters. The van der Waals surface area contributed by atoms with Gasteiger partial charge >= 0.3 is 0 Å². The summed E-state index contributed by atoms with van der Waals surface area (Å²) in [6.07, 6.45) is 4.15. The highest BCUT2D eigenvalue weighted by atomic mass is 35.5. The van der Waals surface area contributed by atoms with E-state index in [1.54, 1.807) is 36.5 Å². The summed E-state index contributed by atoms with van der Waals surface area (Å²) in [4.78, 5) is 26.9. The minimum Gasteiger partial charge on any atom is -0.358 e. The summed E-state index contributed by atoms with van der Waals surface area (Å²) in [6, 6.07) is 14.1. The molecule has 204 valence electrons. The van der Waals surface area contributed by atoms with Crippen LogP contribution in [0.15, 0.2) is 60.9 Å². The summed E-state index contributed by atoms with van der Waals surface area (Å²) < 4.78 is 1.86. The third kappa shape index (κ3) is 8.08. The van der Waals surface area contributed by atoms with Gasteiger partial charge in [0.2, 0.25) is 11.9 Å². The van der Waals surface area contributed by atoms with Crippen molar-refractivity contribution in [3.05, 3.63) is 92.9 Å². The fourth-order valence-electron chi connectivity index (χ4n) is 3.96. The molecule has 11 heteroatoms. The van der Waals surface area contributed by atoms with Gasteiger partial charge in [-0.2, -0.15) is 9.97 Å². The van der Waals surface area contributed by atoms with Crippen molar-refractivity contribution < 1.29 is 4.79 Å². The lowest BCUT2D eigenvalue weighted by molar-refractivity contribution is -0.122. The predicted octanol–water partition coefficient (Wildman–Crippen LogP) is 6.69. The molecule has 39 heavy (non-hydrogen) atoms. The highest BCUT2D eigenvalue weighted by molar-refractivity contribution is 6.42. The normalized spacial score (nSPS) is 11.9. The number of benzene rings is 2. The number of carbonyl (C=O) groups is 1. The first-order valence-corrected chi connectivity index (χ1v) is 13.7. The molecular weight excluding hydrogens is 557 g/mol. The number of nitrogens with zero attached hydrogens (tertiary/aromatic N) is 4. The Morgan fingerprint density at radius 1 is 0.949 bits per heavy atom. The van der Waals surface area contributed by atoms with Gasteiger partial charge in [0.15, 0.2) is 0 Å². The Hall–Kier alpha value is -3.33. The number of nitrogens with one attached hydrogen (secondary N) is 3. The monoisotopic (exact) mass is 585 g/mol. The number of carbonyl (C=O) groups excluding carboxylic acids is 1. The SMILES string of the molecule is Cc1nccn1-c1cc(NC(CC(C)C)C(=O)NCc2ccc(Cl)cc2)nc(NCc2ccc(Cl)c(Cl)c2)n1. The van der Waals surface area contributed by atoms with Crippen molar-refractivity contribution >= 4 is 52.5 Å². The highest BCUT2D eigenvalue weighted by Gasteiger charge is 2.21. The third-order valence-electron chi connectivity index (χ3n) is 5.95. The van der Waals surface area contributed by atoms with Gasteiger partial charge in [0.1, 0.15) is 23.5 Å². The largest absolute Gasteiger partial charge is 0.358 e. The molecule has 0 aliphatic rings. The van der Waals surface area contributed by atoms with Crippen molar-refractivity contribution in [2.24, 2.45) is 5.92 Å². The molecule has 0 radical (unpaired) electrons. The minimum absolute atomic E-state index is 0.122. The number of rotatable bonds is 11. The zero-order valence-corrected chi connectivity index (χ0v) is 24.1. The van der Waals surface area contributed by atoms with Crippen LogP contribution in [0.4, 0.5) is 11.8 Å². The Kier molecular flexibility index (Phi) is 9.67. The number of hydrogen-bond donors (Lipinski definition) is 3. The number of halogens is 3. The maximum atomic E-state index is 13.2. The number of aryl methyl sites for hydroxylation is 1. The van der Waals surface area contributed by atoms with Gasteiger partial charge in [0.05, 0.1) is 10.0 Å². The van der Waals surface area contributed by atoms with Crippen molar-refractivity contribution in [3.8, 4) is 5.82 Å². The first kappa shape index (κ1) is 28.7. The van der Waals surface area contributed by atoms with Crippen LogP contribution in [-0.2, 0) is 17.9 Å². The molecule has 8 nitrogen and oxygen atoms in total. The van der Waals surface area contributed by atoms with E-state index in [1.807, 2.05) is 35.9 Å². The van der Waals surface area contributed by atoms with Crippen LogP contribution in [0, 0.1) is 12.8 Å². The van der Waals surface area contributed by atoms with Gasteiger partial charge in [0.25, 0.3) is 0 Å². The molecule has 1 amide bonds. The summed E-state index contributed by atoms with van der Waals surface area (Å²) in [5.41, 5.74) is 1.88. The molecule has 2 aromatic heterocycles. The van der Waals surface area contributed by atoms with Gasteiger partial charge < -0.3 is 16.0 Å². The van der Waals surface area contributed by atoms with Gasteiger partial charge in [0, 0.05) is 36.6 Å². The van der Waals surface area contributed by atoms with E-state index in [0.717, 1.165) is 17.0 Å². The lowest BCUT2D eigenvalue weighted by Crippen LogP contribution is -2.40. The molecule has 0 fully saturated rings. The number of amides is 1. The van der Waals surface area contributed by atoms with Crippen LogP contribution in [-0.4, -0.2) is 31.5 Å². The van der Waals surface area contributed by atoms with E-state index >= 15 is 0 Å². The molecule has 0 spiro atoms. The van der Waals surface area contributed by atoms with Crippen molar-refractivity contribution in [3.63, 3.8) is 0 Å². The summed E-state index contributed by atoms with van der Waals surface area (Å²) in [7, 11) is 0. The van der Waals surface area contributed by atoms with E-state index in [2.05, 4.69) is 44.7 Å². The van der Waals surface area contributed by atoms with E-state index in [4.69, 9.17) is 34.8 Å². The molecule has 4 aromatic rings. The van der Waals surface area contributed by atoms with Crippen molar-refractivity contribution in [2.75, 3.05) is 10.6 Å². The second-order valence-corrected chi connectivity index (χ2v) is 10.8. The first-order chi connectivity index (χ1) is 18.7. The maximum absolute atomic E-state index is 13.2. The van der Waals surface area contributed by atoms with Crippen molar-refractivity contribution in [2.45, 2.75) is 46.3 Å². The lowest BCUT2D eigenvalue weighted by atomic mass is 10.0. The summed E-state index contributed by atoms with van der Waals surface area (Å²) >= 11 is 18.2. The third-order valence-corrected chi connectivity index (χ3v) is 6.94. The Bertz CT molecular complexity index is 1420. The molecule has 0 aliphatic heterocycles. The van der Waals surface area contributed by atoms with Crippen molar-refractivity contribution in [1.29, 1.82) is 0 Å². The maximum Gasteiger partial charge on any atom is 0.242 e. The van der Waals surface area contributed by atoms with Crippen LogP contribution in [0.2, 0.25) is 15.1 Å². The van der Waals surface area contributed by atoms with Crippen LogP contribution in [0.25, 0.3) is 5.82 Å². The average molecular weight is 587 g/mol. The summed E-state index contributed by atoms with van der Waals surface area (Å²) in [5.74, 6) is 2.44. The van der Waals surface area contributed by atoms with Crippen LogP contribution >= 0.6 is 34.8 Å². The summed E-state index contributed by atoms with van der Waals surface area (Å²) in [6.45, 7) is 6.87.